The Morgan fingerprint density at radius 1 is 0.857 bits per heavy atom. The molecule has 1 saturated heterocycles. The van der Waals surface area contributed by atoms with Gasteiger partial charge in [-0.05, 0) is 23.1 Å². The Hall–Kier alpha value is -2.66. The number of likely N-dealkylation sites (N-methyl/N-ethyl adjacent to an activating group) is 1. The van der Waals surface area contributed by atoms with Gasteiger partial charge in [0.25, 0.3) is 0 Å². The molecule has 0 aliphatic carbocycles. The van der Waals surface area contributed by atoms with E-state index in [-0.39, 0.29) is 11.8 Å². The topological polar surface area (TPSA) is 43.9 Å². The van der Waals surface area contributed by atoms with E-state index in [0.29, 0.717) is 19.5 Å². The van der Waals surface area contributed by atoms with E-state index in [2.05, 4.69) is 29.2 Å². The van der Waals surface area contributed by atoms with E-state index in [1.54, 1.807) is 19.0 Å². The molecular weight excluding hydrogens is 350 g/mol. The number of amides is 2. The summed E-state index contributed by atoms with van der Waals surface area (Å²) in [7, 11) is 3.55. The Morgan fingerprint density at radius 2 is 1.54 bits per heavy atom. The van der Waals surface area contributed by atoms with Crippen LogP contribution in [0.5, 0.6) is 0 Å². The second-order valence-corrected chi connectivity index (χ2v) is 7.54. The summed E-state index contributed by atoms with van der Waals surface area (Å²) in [5.41, 5.74) is 3.38. The molecule has 1 heterocycles. The summed E-state index contributed by atoms with van der Waals surface area (Å²) >= 11 is 0. The maximum absolute atomic E-state index is 12.7. The predicted octanol–water partition coefficient (Wildman–Crippen LogP) is 2.52. The second kappa shape index (κ2) is 9.51. The van der Waals surface area contributed by atoms with Crippen molar-refractivity contribution in [2.45, 2.75) is 12.8 Å². The minimum atomic E-state index is 0.110. The van der Waals surface area contributed by atoms with Crippen molar-refractivity contribution in [2.75, 3.05) is 46.8 Å². The number of carbonyl (C=O) groups excluding carboxylic acids is 2. The van der Waals surface area contributed by atoms with Gasteiger partial charge in [-0.1, -0.05) is 54.6 Å². The second-order valence-electron chi connectivity index (χ2n) is 7.54. The molecule has 5 heteroatoms. The molecule has 0 atom stereocenters. The number of benzene rings is 2. The third-order valence-corrected chi connectivity index (χ3v) is 5.22. The third kappa shape index (κ3) is 5.42. The highest BCUT2D eigenvalue weighted by Gasteiger charge is 2.21. The smallest absolute Gasteiger partial charge is 0.236 e. The van der Waals surface area contributed by atoms with Gasteiger partial charge >= 0.3 is 0 Å². The average molecular weight is 380 g/mol. The number of hydrogen-bond donors (Lipinski definition) is 0. The summed E-state index contributed by atoms with van der Waals surface area (Å²) in [5, 5.41) is 0. The number of nitrogens with zero attached hydrogens (tertiary/aromatic N) is 3. The van der Waals surface area contributed by atoms with E-state index in [0.717, 1.165) is 37.2 Å². The molecule has 1 aliphatic rings. The first-order chi connectivity index (χ1) is 13.5. The molecule has 0 saturated carbocycles. The molecule has 148 valence electrons. The molecule has 0 N–H and O–H groups in total. The fraction of sp³-hybridized carbons (Fsp3) is 0.391. The van der Waals surface area contributed by atoms with E-state index in [1.807, 2.05) is 35.2 Å². The highest BCUT2D eigenvalue weighted by molar-refractivity contribution is 5.79. The Labute approximate surface area is 167 Å². The molecule has 5 nitrogen and oxygen atoms in total. The number of rotatable bonds is 5. The fourth-order valence-electron chi connectivity index (χ4n) is 3.44. The fourth-order valence-corrected chi connectivity index (χ4v) is 3.44. The molecular formula is C23H29N3O2. The summed E-state index contributed by atoms with van der Waals surface area (Å²) in [4.78, 5) is 30.4. The van der Waals surface area contributed by atoms with Gasteiger partial charge in [0.1, 0.15) is 0 Å². The lowest BCUT2D eigenvalue weighted by Crippen LogP contribution is -2.39. The van der Waals surface area contributed by atoms with Crippen molar-refractivity contribution in [2.24, 2.45) is 0 Å². The monoisotopic (exact) mass is 379 g/mol. The van der Waals surface area contributed by atoms with Gasteiger partial charge in [0.2, 0.25) is 11.8 Å². The van der Waals surface area contributed by atoms with Crippen molar-refractivity contribution in [1.29, 1.82) is 0 Å². The SMILES string of the molecule is CN(C)C(=O)CN1CCCN(C(=O)Cc2ccc(-c3ccccc3)cc2)CC1. The minimum absolute atomic E-state index is 0.110. The van der Waals surface area contributed by atoms with Gasteiger partial charge in [-0.2, -0.15) is 0 Å². The zero-order valence-corrected chi connectivity index (χ0v) is 16.8. The van der Waals surface area contributed by atoms with E-state index in [9.17, 15) is 9.59 Å². The van der Waals surface area contributed by atoms with Crippen LogP contribution in [0.1, 0.15) is 12.0 Å². The Bertz CT molecular complexity index is 787. The van der Waals surface area contributed by atoms with Gasteiger partial charge in [0.15, 0.2) is 0 Å². The first-order valence-corrected chi connectivity index (χ1v) is 9.87. The van der Waals surface area contributed by atoms with Crippen molar-refractivity contribution < 1.29 is 9.59 Å². The molecule has 3 rings (SSSR count). The molecule has 0 bridgehead atoms. The quantitative estimate of drug-likeness (QED) is 0.802. The standard InChI is InChI=1S/C23H29N3O2/c1-24(2)23(28)18-25-13-6-14-26(16-15-25)22(27)17-19-9-11-21(12-10-19)20-7-4-3-5-8-20/h3-5,7-12H,6,13-18H2,1-2H3. The molecule has 1 aliphatic heterocycles. The van der Waals surface area contributed by atoms with Crippen molar-refractivity contribution >= 4 is 11.8 Å². The number of carbonyl (C=O) groups is 2. The highest BCUT2D eigenvalue weighted by Crippen LogP contribution is 2.19. The van der Waals surface area contributed by atoms with Crippen LogP contribution < -0.4 is 0 Å². The maximum atomic E-state index is 12.7. The van der Waals surface area contributed by atoms with Gasteiger partial charge < -0.3 is 9.80 Å². The van der Waals surface area contributed by atoms with Crippen LogP contribution in [-0.2, 0) is 16.0 Å². The third-order valence-electron chi connectivity index (χ3n) is 5.22. The van der Waals surface area contributed by atoms with Crippen LogP contribution in [0.4, 0.5) is 0 Å². The lowest BCUT2D eigenvalue weighted by Gasteiger charge is -2.23. The molecule has 0 aromatic heterocycles. The van der Waals surface area contributed by atoms with E-state index >= 15 is 0 Å². The summed E-state index contributed by atoms with van der Waals surface area (Å²) < 4.78 is 0. The molecule has 2 aromatic rings. The first-order valence-electron chi connectivity index (χ1n) is 9.87. The summed E-state index contributed by atoms with van der Waals surface area (Å²) in [6.07, 6.45) is 1.32. The predicted molar refractivity (Wildman–Crippen MR) is 112 cm³/mol. The van der Waals surface area contributed by atoms with E-state index < -0.39 is 0 Å². The van der Waals surface area contributed by atoms with Crippen LogP contribution in [0.2, 0.25) is 0 Å². The Morgan fingerprint density at radius 3 is 2.21 bits per heavy atom. The van der Waals surface area contributed by atoms with E-state index in [4.69, 9.17) is 0 Å². The average Bonchev–Trinajstić information content (AvgIpc) is 2.95. The van der Waals surface area contributed by atoms with Crippen LogP contribution in [0.15, 0.2) is 54.6 Å². The van der Waals surface area contributed by atoms with Crippen LogP contribution in [-0.4, -0.2) is 73.3 Å². The van der Waals surface area contributed by atoms with Gasteiger partial charge in [0.05, 0.1) is 13.0 Å². The summed E-state index contributed by atoms with van der Waals surface area (Å²) in [6, 6.07) is 18.5. The van der Waals surface area contributed by atoms with Gasteiger partial charge in [-0.3, -0.25) is 14.5 Å². The molecule has 0 unspecified atom stereocenters. The first kappa shape index (κ1) is 20.1. The summed E-state index contributed by atoms with van der Waals surface area (Å²) in [6.45, 7) is 3.47. The van der Waals surface area contributed by atoms with Crippen LogP contribution in [0.3, 0.4) is 0 Å². The molecule has 0 radical (unpaired) electrons. The Kier molecular flexibility index (Phi) is 6.82. The molecule has 1 fully saturated rings. The molecule has 28 heavy (non-hydrogen) atoms. The molecule has 2 aromatic carbocycles. The van der Waals surface area contributed by atoms with Gasteiger partial charge in [-0.25, -0.2) is 0 Å². The van der Waals surface area contributed by atoms with Crippen LogP contribution >= 0.6 is 0 Å². The lowest BCUT2D eigenvalue weighted by atomic mass is 10.0. The van der Waals surface area contributed by atoms with Crippen LogP contribution in [0.25, 0.3) is 11.1 Å². The summed E-state index contributed by atoms with van der Waals surface area (Å²) in [5.74, 6) is 0.270. The highest BCUT2D eigenvalue weighted by atomic mass is 16.2. The molecule has 0 spiro atoms. The van der Waals surface area contributed by atoms with Gasteiger partial charge in [0, 0.05) is 40.3 Å². The minimum Gasteiger partial charge on any atom is -0.348 e. The van der Waals surface area contributed by atoms with E-state index in [1.165, 1.54) is 5.56 Å². The van der Waals surface area contributed by atoms with Crippen molar-refractivity contribution in [3.63, 3.8) is 0 Å². The maximum Gasteiger partial charge on any atom is 0.236 e. The van der Waals surface area contributed by atoms with Crippen LogP contribution in [0, 0.1) is 0 Å². The number of hydrogen-bond acceptors (Lipinski definition) is 3. The normalized spacial score (nSPS) is 15.1. The lowest BCUT2D eigenvalue weighted by molar-refractivity contribution is -0.130. The van der Waals surface area contributed by atoms with Crippen molar-refractivity contribution in [3.05, 3.63) is 60.2 Å². The Balaban J connectivity index is 1.54. The molecule has 2 amide bonds. The van der Waals surface area contributed by atoms with Gasteiger partial charge in [-0.15, -0.1) is 0 Å². The zero-order valence-electron chi connectivity index (χ0n) is 16.8. The largest absolute Gasteiger partial charge is 0.348 e. The zero-order chi connectivity index (χ0) is 19.9. The van der Waals surface area contributed by atoms with Crippen molar-refractivity contribution in [1.82, 2.24) is 14.7 Å². The van der Waals surface area contributed by atoms with Crippen molar-refractivity contribution in [3.8, 4) is 11.1 Å².